The highest BCUT2D eigenvalue weighted by Crippen LogP contribution is 2.36. The first-order chi connectivity index (χ1) is 17.3. The number of aromatic nitrogens is 3. The summed E-state index contributed by atoms with van der Waals surface area (Å²) in [7, 11) is 0. The van der Waals surface area contributed by atoms with Crippen LogP contribution < -0.4 is 5.32 Å². The number of thioether (sulfide) groups is 1. The molecule has 0 aliphatic rings. The summed E-state index contributed by atoms with van der Waals surface area (Å²) in [5.41, 5.74) is 3.20. The Morgan fingerprint density at radius 3 is 2.22 bits per heavy atom. The van der Waals surface area contributed by atoms with Crippen LogP contribution in [0, 0.1) is 11.6 Å². The number of anilines is 1. The summed E-state index contributed by atoms with van der Waals surface area (Å²) >= 11 is 13.7. The Morgan fingerprint density at radius 1 is 0.972 bits per heavy atom. The van der Waals surface area contributed by atoms with Gasteiger partial charge in [0.1, 0.15) is 17.3 Å². The monoisotopic (exact) mass is 546 g/mol. The molecule has 3 aromatic carbocycles. The predicted octanol–water partition coefficient (Wildman–Crippen LogP) is 7.37. The minimum absolute atomic E-state index is 0.143. The van der Waals surface area contributed by atoms with Gasteiger partial charge in [0, 0.05) is 10.6 Å². The number of aryl methyl sites for hydroxylation is 2. The van der Waals surface area contributed by atoms with Gasteiger partial charge in [0.05, 0.1) is 16.5 Å². The maximum atomic E-state index is 14.0. The van der Waals surface area contributed by atoms with Gasteiger partial charge < -0.3 is 5.32 Å². The average Bonchev–Trinajstić information content (AvgIpc) is 3.27. The van der Waals surface area contributed by atoms with Crippen molar-refractivity contribution in [3.8, 4) is 17.1 Å². The zero-order chi connectivity index (χ0) is 25.8. The highest BCUT2D eigenvalue weighted by atomic mass is 35.5. The van der Waals surface area contributed by atoms with Crippen LogP contribution >= 0.6 is 35.0 Å². The van der Waals surface area contributed by atoms with E-state index < -0.39 is 23.2 Å². The summed E-state index contributed by atoms with van der Waals surface area (Å²) in [6, 6.07) is 14.6. The van der Waals surface area contributed by atoms with Crippen LogP contribution in [0.2, 0.25) is 10.0 Å². The molecule has 1 amide bonds. The number of halogens is 4. The molecule has 4 aromatic rings. The van der Waals surface area contributed by atoms with E-state index in [9.17, 15) is 13.6 Å². The van der Waals surface area contributed by atoms with Gasteiger partial charge in [-0.3, -0.25) is 9.36 Å². The highest BCUT2D eigenvalue weighted by Gasteiger charge is 2.23. The molecule has 5 nitrogen and oxygen atoms in total. The minimum atomic E-state index is -0.847. The molecule has 10 heteroatoms. The molecule has 0 radical (unpaired) electrons. The second-order valence-corrected chi connectivity index (χ2v) is 9.62. The van der Waals surface area contributed by atoms with E-state index in [1.807, 2.05) is 22.8 Å². The van der Waals surface area contributed by atoms with Crippen LogP contribution in [0.1, 0.15) is 25.0 Å². The standard InChI is InChI=1S/C26H22Cl2F2N4OS/c1-3-15-7-5-8-16(4-2)24(15)34-25(18-12-11-17(27)13-19(18)28)32-33-26(34)36-14-22(35)31-23-20(29)9-6-10-21(23)30/h5-13H,3-4,14H2,1-2H3,(H,31,35). The number of rotatable bonds is 8. The van der Waals surface area contributed by atoms with Gasteiger partial charge in [-0.2, -0.15) is 0 Å². The van der Waals surface area contributed by atoms with Crippen molar-refractivity contribution < 1.29 is 13.6 Å². The molecular weight excluding hydrogens is 525 g/mol. The summed E-state index contributed by atoms with van der Waals surface area (Å²) < 4.78 is 29.8. The number of benzene rings is 3. The van der Waals surface area contributed by atoms with Gasteiger partial charge in [-0.05, 0) is 54.3 Å². The molecule has 1 N–H and O–H groups in total. The first kappa shape index (κ1) is 26.1. The molecule has 0 aliphatic heterocycles. The first-order valence-electron chi connectivity index (χ1n) is 11.2. The van der Waals surface area contributed by atoms with Crippen LogP contribution in [0.4, 0.5) is 14.5 Å². The van der Waals surface area contributed by atoms with Crippen molar-refractivity contribution in [1.82, 2.24) is 14.8 Å². The second-order valence-electron chi connectivity index (χ2n) is 7.83. The molecule has 0 atom stereocenters. The van der Waals surface area contributed by atoms with Crippen molar-refractivity contribution in [2.75, 3.05) is 11.1 Å². The molecule has 0 saturated carbocycles. The van der Waals surface area contributed by atoms with E-state index in [0.29, 0.717) is 26.6 Å². The maximum absolute atomic E-state index is 14.0. The van der Waals surface area contributed by atoms with Crippen molar-refractivity contribution in [1.29, 1.82) is 0 Å². The number of hydrogen-bond donors (Lipinski definition) is 1. The average molecular weight is 547 g/mol. The topological polar surface area (TPSA) is 59.8 Å². The molecule has 0 aliphatic carbocycles. The number of hydrogen-bond acceptors (Lipinski definition) is 4. The van der Waals surface area contributed by atoms with Gasteiger partial charge in [-0.25, -0.2) is 8.78 Å². The normalized spacial score (nSPS) is 11.1. The number of carbonyl (C=O) groups excluding carboxylic acids is 1. The molecular formula is C26H22Cl2F2N4OS. The van der Waals surface area contributed by atoms with Gasteiger partial charge in [-0.1, -0.05) is 73.1 Å². The fraction of sp³-hybridized carbons (Fsp3) is 0.192. The van der Waals surface area contributed by atoms with Crippen molar-refractivity contribution in [2.45, 2.75) is 31.8 Å². The summed E-state index contributed by atoms with van der Waals surface area (Å²) in [4.78, 5) is 12.6. The van der Waals surface area contributed by atoms with Crippen LogP contribution in [0.25, 0.3) is 17.1 Å². The van der Waals surface area contributed by atoms with Crippen molar-refractivity contribution in [3.05, 3.63) is 87.4 Å². The van der Waals surface area contributed by atoms with Crippen LogP contribution in [0.3, 0.4) is 0 Å². The lowest BCUT2D eigenvalue weighted by atomic mass is 10.0. The Hall–Kier alpha value is -2.94. The number of nitrogens with one attached hydrogen (secondary N) is 1. The molecule has 1 aromatic heterocycles. The predicted molar refractivity (Wildman–Crippen MR) is 141 cm³/mol. The van der Waals surface area contributed by atoms with Crippen LogP contribution in [-0.2, 0) is 17.6 Å². The Bertz CT molecular complexity index is 1380. The molecule has 0 saturated heterocycles. The van der Waals surface area contributed by atoms with Crippen LogP contribution in [0.5, 0.6) is 0 Å². The second kappa shape index (κ2) is 11.4. The molecule has 0 spiro atoms. The summed E-state index contributed by atoms with van der Waals surface area (Å²) in [5, 5.41) is 12.4. The van der Waals surface area contributed by atoms with E-state index in [4.69, 9.17) is 23.2 Å². The SMILES string of the molecule is CCc1cccc(CC)c1-n1c(SCC(=O)Nc2c(F)cccc2F)nnc1-c1ccc(Cl)cc1Cl. The molecule has 0 unspecified atom stereocenters. The molecule has 186 valence electrons. The van der Waals surface area contributed by atoms with Gasteiger partial charge in [-0.15, -0.1) is 10.2 Å². The third-order valence-corrected chi connectivity index (χ3v) is 7.03. The number of nitrogens with zero attached hydrogens (tertiary/aromatic N) is 3. The van der Waals surface area contributed by atoms with Crippen LogP contribution in [0.15, 0.2) is 59.8 Å². The van der Waals surface area contributed by atoms with Crippen molar-refractivity contribution >= 4 is 46.6 Å². The highest BCUT2D eigenvalue weighted by molar-refractivity contribution is 7.99. The van der Waals surface area contributed by atoms with E-state index in [1.165, 1.54) is 6.07 Å². The lowest BCUT2D eigenvalue weighted by Gasteiger charge is -2.18. The fourth-order valence-corrected chi connectivity index (χ4v) is 5.07. The number of carbonyl (C=O) groups is 1. The van der Waals surface area contributed by atoms with Crippen LogP contribution in [-0.4, -0.2) is 26.4 Å². The van der Waals surface area contributed by atoms with E-state index in [2.05, 4.69) is 29.4 Å². The smallest absolute Gasteiger partial charge is 0.235 e. The maximum Gasteiger partial charge on any atom is 0.235 e. The molecule has 4 rings (SSSR count). The first-order valence-corrected chi connectivity index (χ1v) is 13.0. The Balaban J connectivity index is 1.75. The van der Waals surface area contributed by atoms with E-state index in [1.54, 1.807) is 18.2 Å². The Labute approximate surface area is 221 Å². The van der Waals surface area contributed by atoms with Crippen molar-refractivity contribution in [3.63, 3.8) is 0 Å². The Kier molecular flexibility index (Phi) is 8.28. The third-order valence-electron chi connectivity index (χ3n) is 5.55. The van der Waals surface area contributed by atoms with Crippen molar-refractivity contribution in [2.24, 2.45) is 0 Å². The quantitative estimate of drug-likeness (QED) is 0.234. The molecule has 36 heavy (non-hydrogen) atoms. The number of amides is 1. The summed E-state index contributed by atoms with van der Waals surface area (Å²) in [6.07, 6.45) is 1.51. The van der Waals surface area contributed by atoms with Gasteiger partial charge in [0.15, 0.2) is 11.0 Å². The molecule has 1 heterocycles. The van der Waals surface area contributed by atoms with E-state index >= 15 is 0 Å². The zero-order valence-corrected chi connectivity index (χ0v) is 21.8. The van der Waals surface area contributed by atoms with Gasteiger partial charge in [0.25, 0.3) is 0 Å². The van der Waals surface area contributed by atoms with Gasteiger partial charge >= 0.3 is 0 Å². The molecule has 0 fully saturated rings. The van der Waals surface area contributed by atoms with E-state index in [-0.39, 0.29) is 5.75 Å². The minimum Gasteiger partial charge on any atom is -0.320 e. The Morgan fingerprint density at radius 2 is 1.61 bits per heavy atom. The fourth-order valence-electron chi connectivity index (χ4n) is 3.84. The zero-order valence-electron chi connectivity index (χ0n) is 19.5. The summed E-state index contributed by atoms with van der Waals surface area (Å²) in [5.74, 6) is -1.92. The third kappa shape index (κ3) is 5.40. The number of para-hydroxylation sites is 2. The largest absolute Gasteiger partial charge is 0.320 e. The van der Waals surface area contributed by atoms with E-state index in [0.717, 1.165) is 53.6 Å². The lowest BCUT2D eigenvalue weighted by molar-refractivity contribution is -0.113. The molecule has 0 bridgehead atoms. The lowest BCUT2D eigenvalue weighted by Crippen LogP contribution is -2.17. The van der Waals surface area contributed by atoms with Gasteiger partial charge in [0.2, 0.25) is 5.91 Å². The summed E-state index contributed by atoms with van der Waals surface area (Å²) in [6.45, 7) is 4.11.